The van der Waals surface area contributed by atoms with Crippen molar-refractivity contribution in [2.45, 2.75) is 56.6 Å². The average molecular weight is 239 g/mol. The lowest BCUT2D eigenvalue weighted by Crippen LogP contribution is -2.53. The van der Waals surface area contributed by atoms with Crippen LogP contribution in [0, 0.1) is 5.92 Å². The van der Waals surface area contributed by atoms with E-state index < -0.39 is 0 Å². The van der Waals surface area contributed by atoms with E-state index in [4.69, 9.17) is 9.47 Å². The van der Waals surface area contributed by atoms with Gasteiger partial charge in [0.1, 0.15) is 0 Å². The Morgan fingerprint density at radius 2 is 2.24 bits per heavy atom. The van der Waals surface area contributed by atoms with Crippen LogP contribution >= 0.6 is 0 Å². The summed E-state index contributed by atoms with van der Waals surface area (Å²) in [7, 11) is 0. The van der Waals surface area contributed by atoms with E-state index in [1.54, 1.807) is 0 Å². The van der Waals surface area contributed by atoms with E-state index in [1.807, 2.05) is 0 Å². The number of hydrogen-bond acceptors (Lipinski definition) is 3. The number of hydrogen-bond donors (Lipinski definition) is 1. The van der Waals surface area contributed by atoms with Crippen LogP contribution in [0.15, 0.2) is 0 Å². The van der Waals surface area contributed by atoms with Crippen molar-refractivity contribution in [2.75, 3.05) is 26.4 Å². The smallest absolute Gasteiger partial charge is 0.0940 e. The maximum Gasteiger partial charge on any atom is 0.0940 e. The minimum absolute atomic E-state index is 0.0648. The van der Waals surface area contributed by atoms with Crippen LogP contribution in [0.1, 0.15) is 45.4 Å². The maximum atomic E-state index is 6.05. The van der Waals surface area contributed by atoms with E-state index in [-0.39, 0.29) is 5.60 Å². The summed E-state index contributed by atoms with van der Waals surface area (Å²) in [6, 6.07) is 0. The van der Waals surface area contributed by atoms with E-state index >= 15 is 0 Å². The van der Waals surface area contributed by atoms with Crippen molar-refractivity contribution in [2.24, 2.45) is 5.92 Å². The molecule has 0 aliphatic carbocycles. The van der Waals surface area contributed by atoms with Crippen LogP contribution < -0.4 is 5.32 Å². The van der Waals surface area contributed by atoms with Crippen LogP contribution in [0.3, 0.4) is 0 Å². The molecule has 0 aromatic rings. The third-order valence-electron chi connectivity index (χ3n) is 5.25. The third-order valence-corrected chi connectivity index (χ3v) is 5.25. The summed E-state index contributed by atoms with van der Waals surface area (Å²) < 4.78 is 11.6. The largest absolute Gasteiger partial charge is 0.378 e. The molecule has 3 fully saturated rings. The van der Waals surface area contributed by atoms with Crippen LogP contribution in [-0.4, -0.2) is 37.5 Å². The molecule has 17 heavy (non-hydrogen) atoms. The van der Waals surface area contributed by atoms with Crippen molar-refractivity contribution in [3.05, 3.63) is 0 Å². The lowest BCUT2D eigenvalue weighted by Gasteiger charge is -2.45. The van der Waals surface area contributed by atoms with Gasteiger partial charge in [-0.3, -0.25) is 0 Å². The summed E-state index contributed by atoms with van der Waals surface area (Å²) in [5, 5.41) is 3.80. The Morgan fingerprint density at radius 1 is 1.29 bits per heavy atom. The topological polar surface area (TPSA) is 30.5 Å². The van der Waals surface area contributed by atoms with Crippen molar-refractivity contribution in [3.8, 4) is 0 Å². The van der Waals surface area contributed by atoms with Crippen molar-refractivity contribution < 1.29 is 9.47 Å². The predicted molar refractivity (Wildman–Crippen MR) is 67.1 cm³/mol. The molecule has 3 aliphatic heterocycles. The minimum Gasteiger partial charge on any atom is -0.378 e. The Labute approximate surface area is 104 Å². The van der Waals surface area contributed by atoms with Crippen molar-refractivity contribution in [1.29, 1.82) is 0 Å². The summed E-state index contributed by atoms with van der Waals surface area (Å²) in [6.45, 7) is 6.18. The summed E-state index contributed by atoms with van der Waals surface area (Å²) in [4.78, 5) is 0. The third kappa shape index (κ3) is 2.02. The van der Waals surface area contributed by atoms with Gasteiger partial charge in [-0.1, -0.05) is 6.92 Å². The molecule has 1 spiro atoms. The summed E-state index contributed by atoms with van der Waals surface area (Å²) in [6.07, 6.45) is 7.48. The molecule has 3 saturated heterocycles. The van der Waals surface area contributed by atoms with Gasteiger partial charge < -0.3 is 14.8 Å². The molecular formula is C14H25NO2. The van der Waals surface area contributed by atoms with Crippen LogP contribution in [0.5, 0.6) is 0 Å². The number of ether oxygens (including phenoxy) is 2. The quantitative estimate of drug-likeness (QED) is 0.800. The normalized spacial score (nSPS) is 46.8. The first-order valence-corrected chi connectivity index (χ1v) is 7.25. The molecule has 0 bridgehead atoms. The number of nitrogens with one attached hydrogen (secondary N) is 1. The molecule has 0 radical (unpaired) electrons. The fraction of sp³-hybridized carbons (Fsp3) is 1.00. The van der Waals surface area contributed by atoms with Gasteiger partial charge in [0.2, 0.25) is 0 Å². The van der Waals surface area contributed by atoms with E-state index in [9.17, 15) is 0 Å². The molecule has 3 aliphatic rings. The molecule has 98 valence electrons. The molecule has 3 atom stereocenters. The van der Waals surface area contributed by atoms with E-state index in [1.165, 1.54) is 38.6 Å². The highest BCUT2D eigenvalue weighted by Crippen LogP contribution is 2.44. The Balaban J connectivity index is 1.74. The van der Waals surface area contributed by atoms with Gasteiger partial charge in [0.05, 0.1) is 12.2 Å². The molecule has 3 heteroatoms. The van der Waals surface area contributed by atoms with Gasteiger partial charge in [-0.2, -0.15) is 0 Å². The van der Waals surface area contributed by atoms with Gasteiger partial charge in [-0.15, -0.1) is 0 Å². The van der Waals surface area contributed by atoms with Crippen molar-refractivity contribution in [3.63, 3.8) is 0 Å². The molecule has 0 aromatic carbocycles. The van der Waals surface area contributed by atoms with Gasteiger partial charge in [0, 0.05) is 25.2 Å². The second kappa shape index (κ2) is 4.52. The molecule has 0 amide bonds. The summed E-state index contributed by atoms with van der Waals surface area (Å²) in [5.41, 5.74) is 0.467. The molecule has 3 nitrogen and oxygen atoms in total. The van der Waals surface area contributed by atoms with Gasteiger partial charge in [0.15, 0.2) is 0 Å². The predicted octanol–water partition coefficient (Wildman–Crippen LogP) is 2.10. The van der Waals surface area contributed by atoms with E-state index in [0.29, 0.717) is 5.54 Å². The molecule has 3 rings (SSSR count). The summed E-state index contributed by atoms with van der Waals surface area (Å²) in [5.74, 6) is 0.783. The Morgan fingerprint density at radius 3 is 2.88 bits per heavy atom. The highest BCUT2D eigenvalue weighted by molar-refractivity contribution is 5.03. The Kier molecular flexibility index (Phi) is 3.18. The zero-order valence-electron chi connectivity index (χ0n) is 11.0. The fourth-order valence-electron chi connectivity index (χ4n) is 4.13. The molecule has 3 heterocycles. The Bertz CT molecular complexity index is 267. The monoisotopic (exact) mass is 239 g/mol. The lowest BCUT2D eigenvalue weighted by atomic mass is 9.71. The molecule has 0 aromatic heterocycles. The Hall–Kier alpha value is -0.120. The van der Waals surface area contributed by atoms with Crippen LogP contribution in [0.25, 0.3) is 0 Å². The fourth-order valence-corrected chi connectivity index (χ4v) is 4.13. The van der Waals surface area contributed by atoms with Gasteiger partial charge >= 0.3 is 0 Å². The zero-order chi connectivity index (χ0) is 11.8. The van der Waals surface area contributed by atoms with Crippen LogP contribution in [0.4, 0.5) is 0 Å². The first-order valence-electron chi connectivity index (χ1n) is 7.25. The van der Waals surface area contributed by atoms with Gasteiger partial charge in [-0.25, -0.2) is 0 Å². The second-order valence-corrected chi connectivity index (χ2v) is 6.06. The average Bonchev–Trinajstić information content (AvgIpc) is 3.00. The lowest BCUT2D eigenvalue weighted by molar-refractivity contribution is -0.111. The van der Waals surface area contributed by atoms with Crippen LogP contribution in [0.2, 0.25) is 0 Å². The highest BCUT2D eigenvalue weighted by atomic mass is 16.6. The van der Waals surface area contributed by atoms with Crippen molar-refractivity contribution in [1.82, 2.24) is 5.32 Å². The SMILES string of the molecule is CCC1(C2CCOC3(CCOC3)C2)CCCN1. The maximum absolute atomic E-state index is 6.05. The van der Waals surface area contributed by atoms with E-state index in [2.05, 4.69) is 12.2 Å². The number of rotatable bonds is 2. The standard InChI is InChI=1S/C14H25NO2/c1-2-14(5-3-7-15-14)12-4-8-17-13(10-12)6-9-16-11-13/h12,15H,2-11H2,1H3. The second-order valence-electron chi connectivity index (χ2n) is 6.06. The van der Waals surface area contributed by atoms with Crippen molar-refractivity contribution >= 4 is 0 Å². The minimum atomic E-state index is 0.0648. The first kappa shape index (κ1) is 11.9. The molecule has 1 N–H and O–H groups in total. The molecular weight excluding hydrogens is 214 g/mol. The highest BCUT2D eigenvalue weighted by Gasteiger charge is 2.48. The van der Waals surface area contributed by atoms with Gasteiger partial charge in [-0.05, 0) is 44.6 Å². The van der Waals surface area contributed by atoms with Gasteiger partial charge in [0.25, 0.3) is 0 Å². The first-order chi connectivity index (χ1) is 8.29. The van der Waals surface area contributed by atoms with E-state index in [0.717, 1.165) is 32.2 Å². The van der Waals surface area contributed by atoms with Crippen LogP contribution in [-0.2, 0) is 9.47 Å². The molecule has 0 saturated carbocycles. The molecule has 3 unspecified atom stereocenters. The zero-order valence-corrected chi connectivity index (χ0v) is 11.0. The summed E-state index contributed by atoms with van der Waals surface area (Å²) >= 11 is 0.